The van der Waals surface area contributed by atoms with E-state index in [2.05, 4.69) is 10.2 Å². The minimum absolute atomic E-state index is 0.195. The summed E-state index contributed by atoms with van der Waals surface area (Å²) in [6.07, 6.45) is 6.96. The van der Waals surface area contributed by atoms with Gasteiger partial charge in [-0.2, -0.15) is 5.10 Å². The molecule has 1 atom stereocenters. The summed E-state index contributed by atoms with van der Waals surface area (Å²) in [7, 11) is -1.82. The highest BCUT2D eigenvalue weighted by molar-refractivity contribution is 7.89. The lowest BCUT2D eigenvalue weighted by Gasteiger charge is -2.24. The molecule has 0 aliphatic carbocycles. The minimum Gasteiger partial charge on any atom is -0.378 e. The van der Waals surface area contributed by atoms with Gasteiger partial charge in [0.2, 0.25) is 10.0 Å². The fourth-order valence-electron chi connectivity index (χ4n) is 2.04. The summed E-state index contributed by atoms with van der Waals surface area (Å²) >= 11 is 0. The van der Waals surface area contributed by atoms with Gasteiger partial charge in [0.1, 0.15) is 4.90 Å². The molecular formula is C11H19N3O3S. The average molecular weight is 273 g/mol. The predicted octanol–water partition coefficient (Wildman–Crippen LogP) is 0.989. The third kappa shape index (κ3) is 3.09. The number of sulfonamides is 1. The van der Waals surface area contributed by atoms with Gasteiger partial charge in [0, 0.05) is 26.4 Å². The molecular weight excluding hydrogens is 254 g/mol. The van der Waals surface area contributed by atoms with E-state index in [0.717, 1.165) is 25.9 Å². The molecule has 0 saturated carbocycles. The van der Waals surface area contributed by atoms with Gasteiger partial charge in [-0.3, -0.25) is 5.10 Å². The Morgan fingerprint density at radius 1 is 1.56 bits per heavy atom. The van der Waals surface area contributed by atoms with E-state index in [1.165, 1.54) is 23.1 Å². The Kier molecular flexibility index (Phi) is 4.36. The lowest BCUT2D eigenvalue weighted by molar-refractivity contribution is 0.00950. The van der Waals surface area contributed by atoms with Gasteiger partial charge in [0.15, 0.2) is 0 Å². The third-order valence-electron chi connectivity index (χ3n) is 3.22. The van der Waals surface area contributed by atoms with Crippen LogP contribution in [0.5, 0.6) is 0 Å². The molecule has 0 amide bonds. The fraction of sp³-hybridized carbons (Fsp3) is 0.727. The maximum Gasteiger partial charge on any atom is 0.245 e. The second-order valence-corrected chi connectivity index (χ2v) is 6.58. The normalized spacial score (nSPS) is 21.3. The zero-order chi connectivity index (χ0) is 13.0. The second kappa shape index (κ2) is 5.81. The largest absolute Gasteiger partial charge is 0.378 e. The number of hydrogen-bond acceptors (Lipinski definition) is 4. The molecule has 1 N–H and O–H groups in total. The zero-order valence-corrected chi connectivity index (χ0v) is 11.3. The van der Waals surface area contributed by atoms with E-state index in [-0.39, 0.29) is 11.0 Å². The highest BCUT2D eigenvalue weighted by Crippen LogP contribution is 2.18. The SMILES string of the molecule is CN(CCC1CCCCO1)S(=O)(=O)c1cn[nH]c1. The van der Waals surface area contributed by atoms with Gasteiger partial charge in [-0.25, -0.2) is 12.7 Å². The van der Waals surface area contributed by atoms with Crippen molar-refractivity contribution in [1.82, 2.24) is 14.5 Å². The van der Waals surface area contributed by atoms with Crippen LogP contribution in [0.3, 0.4) is 0 Å². The molecule has 0 bridgehead atoms. The van der Waals surface area contributed by atoms with Crippen molar-refractivity contribution >= 4 is 10.0 Å². The minimum atomic E-state index is -3.41. The molecule has 2 rings (SSSR count). The van der Waals surface area contributed by atoms with Crippen molar-refractivity contribution in [2.45, 2.75) is 36.7 Å². The molecule has 18 heavy (non-hydrogen) atoms. The van der Waals surface area contributed by atoms with Crippen LogP contribution >= 0.6 is 0 Å². The number of rotatable bonds is 5. The molecule has 6 nitrogen and oxygen atoms in total. The van der Waals surface area contributed by atoms with E-state index in [0.29, 0.717) is 6.54 Å². The first kappa shape index (κ1) is 13.5. The molecule has 1 aromatic rings. The van der Waals surface area contributed by atoms with Gasteiger partial charge in [0.05, 0.1) is 12.3 Å². The van der Waals surface area contributed by atoms with Gasteiger partial charge in [0.25, 0.3) is 0 Å². The number of ether oxygens (including phenoxy) is 1. The van der Waals surface area contributed by atoms with Crippen molar-refractivity contribution in [2.24, 2.45) is 0 Å². The molecule has 1 aromatic heterocycles. The topological polar surface area (TPSA) is 75.3 Å². The molecule has 7 heteroatoms. The lowest BCUT2D eigenvalue weighted by atomic mass is 10.1. The maximum absolute atomic E-state index is 12.1. The van der Waals surface area contributed by atoms with Gasteiger partial charge in [-0.1, -0.05) is 0 Å². The van der Waals surface area contributed by atoms with E-state index in [4.69, 9.17) is 4.74 Å². The predicted molar refractivity (Wildman–Crippen MR) is 66.6 cm³/mol. The van der Waals surface area contributed by atoms with Gasteiger partial charge >= 0.3 is 0 Å². The molecule has 0 spiro atoms. The summed E-state index contributed by atoms with van der Waals surface area (Å²) in [6, 6.07) is 0. The average Bonchev–Trinajstić information content (AvgIpc) is 2.91. The van der Waals surface area contributed by atoms with E-state index in [1.54, 1.807) is 7.05 Å². The molecule has 1 aliphatic heterocycles. The number of nitrogens with zero attached hydrogens (tertiary/aromatic N) is 2. The monoisotopic (exact) mass is 273 g/mol. The van der Waals surface area contributed by atoms with Crippen LogP contribution < -0.4 is 0 Å². The Balaban J connectivity index is 1.89. The highest BCUT2D eigenvalue weighted by atomic mass is 32.2. The van der Waals surface area contributed by atoms with Crippen molar-refractivity contribution in [3.8, 4) is 0 Å². The summed E-state index contributed by atoms with van der Waals surface area (Å²) in [5.74, 6) is 0. The summed E-state index contributed by atoms with van der Waals surface area (Å²) in [4.78, 5) is 0.203. The number of aromatic amines is 1. The highest BCUT2D eigenvalue weighted by Gasteiger charge is 2.23. The Hall–Kier alpha value is -0.920. The third-order valence-corrected chi connectivity index (χ3v) is 5.04. The van der Waals surface area contributed by atoms with Crippen LogP contribution in [0.15, 0.2) is 17.3 Å². The van der Waals surface area contributed by atoms with Gasteiger partial charge in [-0.15, -0.1) is 0 Å². The molecule has 1 unspecified atom stereocenters. The van der Waals surface area contributed by atoms with Crippen LogP contribution in [0, 0.1) is 0 Å². The molecule has 1 fully saturated rings. The number of aromatic nitrogens is 2. The van der Waals surface area contributed by atoms with Crippen LogP contribution in [0.4, 0.5) is 0 Å². The molecule has 102 valence electrons. The molecule has 1 saturated heterocycles. The standard InChI is InChI=1S/C11H19N3O3S/c1-14(6-5-10-4-2-3-7-17-10)18(15,16)11-8-12-13-9-11/h8-10H,2-7H2,1H3,(H,12,13). The Bertz CT molecular complexity index is 452. The Morgan fingerprint density at radius 3 is 3.00 bits per heavy atom. The van der Waals surface area contributed by atoms with Crippen LogP contribution in [-0.2, 0) is 14.8 Å². The quantitative estimate of drug-likeness (QED) is 0.868. The maximum atomic E-state index is 12.1. The Morgan fingerprint density at radius 2 is 2.39 bits per heavy atom. The molecule has 1 aliphatic rings. The second-order valence-electron chi connectivity index (χ2n) is 4.54. The molecule has 0 radical (unpaired) electrons. The van der Waals surface area contributed by atoms with Crippen molar-refractivity contribution in [1.29, 1.82) is 0 Å². The molecule has 0 aromatic carbocycles. The number of nitrogens with one attached hydrogen (secondary N) is 1. The van der Waals surface area contributed by atoms with E-state index >= 15 is 0 Å². The first-order valence-corrected chi connectivity index (χ1v) is 7.61. The first-order valence-electron chi connectivity index (χ1n) is 6.17. The summed E-state index contributed by atoms with van der Waals surface area (Å²) in [5, 5.41) is 6.18. The summed E-state index contributed by atoms with van der Waals surface area (Å²) in [5.41, 5.74) is 0. The van der Waals surface area contributed by atoms with Crippen molar-refractivity contribution in [2.75, 3.05) is 20.2 Å². The van der Waals surface area contributed by atoms with E-state index in [9.17, 15) is 8.42 Å². The molecule has 2 heterocycles. The van der Waals surface area contributed by atoms with Crippen molar-refractivity contribution < 1.29 is 13.2 Å². The van der Waals surface area contributed by atoms with Gasteiger partial charge < -0.3 is 4.74 Å². The van der Waals surface area contributed by atoms with Crippen LogP contribution in [0.25, 0.3) is 0 Å². The van der Waals surface area contributed by atoms with Crippen molar-refractivity contribution in [3.05, 3.63) is 12.4 Å². The smallest absolute Gasteiger partial charge is 0.245 e. The lowest BCUT2D eigenvalue weighted by Crippen LogP contribution is -2.31. The fourth-order valence-corrected chi connectivity index (χ4v) is 3.13. The van der Waals surface area contributed by atoms with Crippen LogP contribution in [0.2, 0.25) is 0 Å². The van der Waals surface area contributed by atoms with E-state index < -0.39 is 10.0 Å². The van der Waals surface area contributed by atoms with Crippen LogP contribution in [-0.4, -0.2) is 49.2 Å². The number of hydrogen-bond donors (Lipinski definition) is 1. The summed E-state index contributed by atoms with van der Waals surface area (Å²) < 4.78 is 31.1. The number of H-pyrrole nitrogens is 1. The van der Waals surface area contributed by atoms with E-state index in [1.807, 2.05) is 0 Å². The Labute approximate surface area is 107 Å². The first-order chi connectivity index (χ1) is 8.60. The zero-order valence-electron chi connectivity index (χ0n) is 10.5. The summed E-state index contributed by atoms with van der Waals surface area (Å²) in [6.45, 7) is 1.26. The van der Waals surface area contributed by atoms with Gasteiger partial charge in [-0.05, 0) is 25.7 Å². The van der Waals surface area contributed by atoms with Crippen LogP contribution in [0.1, 0.15) is 25.7 Å². The van der Waals surface area contributed by atoms with Crippen molar-refractivity contribution in [3.63, 3.8) is 0 Å².